The standard InChI is InChI=1S/C16H28N4O6/c17-20-18-10-5-1-2-7-14(21)19-13(6-3-4-8-15(22)23)12-26-11-9-16(24)25/h13H,1-12H2,(H,19,21)(H,22,23)(H,24,25). The van der Waals surface area contributed by atoms with E-state index < -0.39 is 11.9 Å². The summed E-state index contributed by atoms with van der Waals surface area (Å²) < 4.78 is 5.30. The molecule has 10 nitrogen and oxygen atoms in total. The lowest BCUT2D eigenvalue weighted by Crippen LogP contribution is -2.38. The second-order valence-corrected chi connectivity index (χ2v) is 5.89. The minimum absolute atomic E-state index is 0.0657. The third kappa shape index (κ3) is 16.5. The van der Waals surface area contributed by atoms with Crippen LogP contribution >= 0.6 is 0 Å². The van der Waals surface area contributed by atoms with Gasteiger partial charge in [-0.1, -0.05) is 18.0 Å². The summed E-state index contributed by atoms with van der Waals surface area (Å²) >= 11 is 0. The zero-order valence-electron chi connectivity index (χ0n) is 14.9. The fraction of sp³-hybridized carbons (Fsp3) is 0.812. The van der Waals surface area contributed by atoms with Crippen molar-refractivity contribution in [2.24, 2.45) is 5.11 Å². The van der Waals surface area contributed by atoms with Gasteiger partial charge in [-0.2, -0.15) is 0 Å². The summed E-state index contributed by atoms with van der Waals surface area (Å²) in [5.74, 6) is -1.93. The number of ether oxygens (including phenoxy) is 1. The van der Waals surface area contributed by atoms with E-state index in [2.05, 4.69) is 15.3 Å². The Labute approximate surface area is 152 Å². The van der Waals surface area contributed by atoms with Crippen molar-refractivity contribution in [2.75, 3.05) is 19.8 Å². The number of aliphatic carboxylic acids is 2. The Hall–Kier alpha value is -2.32. The Morgan fingerprint density at radius 2 is 1.69 bits per heavy atom. The molecule has 0 bridgehead atoms. The maximum absolute atomic E-state index is 12.0. The number of hydrogen-bond donors (Lipinski definition) is 3. The van der Waals surface area contributed by atoms with Crippen molar-refractivity contribution in [3.63, 3.8) is 0 Å². The Bertz CT molecular complexity index is 457. The number of carboxylic acid groups (broad SMARTS) is 2. The molecule has 1 atom stereocenters. The molecular formula is C16H28N4O6. The van der Waals surface area contributed by atoms with Crippen LogP contribution in [0.25, 0.3) is 10.4 Å². The number of carbonyl (C=O) groups is 3. The molecule has 0 saturated heterocycles. The van der Waals surface area contributed by atoms with Gasteiger partial charge in [0.15, 0.2) is 0 Å². The molecule has 148 valence electrons. The molecule has 0 rings (SSSR count). The zero-order valence-corrected chi connectivity index (χ0v) is 14.9. The van der Waals surface area contributed by atoms with Crippen LogP contribution in [0.4, 0.5) is 0 Å². The van der Waals surface area contributed by atoms with E-state index in [4.69, 9.17) is 20.5 Å². The second kappa shape index (κ2) is 16.2. The number of azide groups is 1. The molecule has 10 heteroatoms. The Balaban J connectivity index is 4.12. The van der Waals surface area contributed by atoms with Crippen molar-refractivity contribution in [1.29, 1.82) is 0 Å². The second-order valence-electron chi connectivity index (χ2n) is 5.89. The van der Waals surface area contributed by atoms with Crippen molar-refractivity contribution >= 4 is 17.8 Å². The molecule has 0 spiro atoms. The minimum atomic E-state index is -0.951. The van der Waals surface area contributed by atoms with Gasteiger partial charge in [-0.25, -0.2) is 0 Å². The number of nitrogens with one attached hydrogen (secondary N) is 1. The van der Waals surface area contributed by atoms with Gasteiger partial charge in [0.05, 0.1) is 25.7 Å². The van der Waals surface area contributed by atoms with E-state index in [0.717, 1.165) is 12.8 Å². The van der Waals surface area contributed by atoms with Crippen LogP contribution in [0.15, 0.2) is 5.11 Å². The van der Waals surface area contributed by atoms with Crippen molar-refractivity contribution in [3.05, 3.63) is 10.4 Å². The third-order valence-electron chi connectivity index (χ3n) is 3.56. The fourth-order valence-corrected chi connectivity index (χ4v) is 2.24. The first-order valence-corrected chi connectivity index (χ1v) is 8.77. The van der Waals surface area contributed by atoms with Gasteiger partial charge in [0.2, 0.25) is 5.91 Å². The minimum Gasteiger partial charge on any atom is -0.481 e. The van der Waals surface area contributed by atoms with E-state index in [1.807, 2.05) is 0 Å². The Morgan fingerprint density at radius 3 is 2.35 bits per heavy atom. The molecule has 0 radical (unpaired) electrons. The summed E-state index contributed by atoms with van der Waals surface area (Å²) in [7, 11) is 0. The van der Waals surface area contributed by atoms with Crippen LogP contribution in [-0.2, 0) is 19.1 Å². The maximum atomic E-state index is 12.0. The molecule has 3 N–H and O–H groups in total. The summed E-state index contributed by atoms with van der Waals surface area (Å²) in [5.41, 5.74) is 8.17. The zero-order chi connectivity index (χ0) is 19.6. The van der Waals surface area contributed by atoms with E-state index in [9.17, 15) is 14.4 Å². The van der Waals surface area contributed by atoms with Crippen LogP contribution in [0.1, 0.15) is 57.8 Å². The summed E-state index contributed by atoms with van der Waals surface area (Å²) in [6.07, 6.45) is 4.22. The summed E-state index contributed by atoms with van der Waals surface area (Å²) in [5, 5.41) is 23.5. The van der Waals surface area contributed by atoms with Gasteiger partial charge in [0, 0.05) is 24.3 Å². The molecule has 0 fully saturated rings. The quantitative estimate of drug-likeness (QED) is 0.154. The highest BCUT2D eigenvalue weighted by atomic mass is 16.5. The first kappa shape index (κ1) is 23.7. The first-order chi connectivity index (χ1) is 12.5. The predicted molar refractivity (Wildman–Crippen MR) is 93.6 cm³/mol. The van der Waals surface area contributed by atoms with Crippen molar-refractivity contribution in [2.45, 2.75) is 63.8 Å². The largest absolute Gasteiger partial charge is 0.481 e. The average molecular weight is 372 g/mol. The van der Waals surface area contributed by atoms with E-state index in [1.165, 1.54) is 0 Å². The number of rotatable bonds is 17. The molecule has 0 aliphatic rings. The van der Waals surface area contributed by atoms with Crippen LogP contribution in [0.3, 0.4) is 0 Å². The smallest absolute Gasteiger partial charge is 0.305 e. The normalized spacial score (nSPS) is 11.4. The molecule has 0 aromatic carbocycles. The van der Waals surface area contributed by atoms with Gasteiger partial charge >= 0.3 is 11.9 Å². The summed E-state index contributed by atoms with van der Waals surface area (Å²) in [6.45, 7) is 0.682. The predicted octanol–water partition coefficient (Wildman–Crippen LogP) is 2.48. The van der Waals surface area contributed by atoms with Gasteiger partial charge in [-0.15, -0.1) is 0 Å². The third-order valence-corrected chi connectivity index (χ3v) is 3.56. The molecule has 26 heavy (non-hydrogen) atoms. The van der Waals surface area contributed by atoms with Crippen LogP contribution in [0.5, 0.6) is 0 Å². The number of unbranched alkanes of at least 4 members (excludes halogenated alkanes) is 3. The highest BCUT2D eigenvalue weighted by Crippen LogP contribution is 2.07. The molecule has 0 aromatic rings. The van der Waals surface area contributed by atoms with Gasteiger partial charge < -0.3 is 20.3 Å². The first-order valence-electron chi connectivity index (χ1n) is 8.77. The van der Waals surface area contributed by atoms with Crippen molar-refractivity contribution in [1.82, 2.24) is 5.32 Å². The van der Waals surface area contributed by atoms with E-state index in [1.54, 1.807) is 0 Å². The maximum Gasteiger partial charge on any atom is 0.305 e. The van der Waals surface area contributed by atoms with Gasteiger partial charge in [0.25, 0.3) is 0 Å². The number of amides is 1. The van der Waals surface area contributed by atoms with Gasteiger partial charge in [-0.3, -0.25) is 14.4 Å². The van der Waals surface area contributed by atoms with Crippen molar-refractivity contribution in [3.8, 4) is 0 Å². The number of carbonyl (C=O) groups excluding carboxylic acids is 1. The van der Waals surface area contributed by atoms with Crippen LogP contribution in [0.2, 0.25) is 0 Å². The number of hydrogen-bond acceptors (Lipinski definition) is 5. The van der Waals surface area contributed by atoms with Crippen LogP contribution < -0.4 is 5.32 Å². The lowest BCUT2D eigenvalue weighted by Gasteiger charge is -2.19. The molecule has 0 aliphatic heterocycles. The van der Waals surface area contributed by atoms with E-state index in [0.29, 0.717) is 38.6 Å². The molecule has 0 heterocycles. The highest BCUT2D eigenvalue weighted by Gasteiger charge is 2.13. The van der Waals surface area contributed by atoms with Crippen LogP contribution in [-0.4, -0.2) is 53.9 Å². The van der Waals surface area contributed by atoms with E-state index in [-0.39, 0.29) is 38.0 Å². The fourth-order valence-electron chi connectivity index (χ4n) is 2.24. The summed E-state index contributed by atoms with van der Waals surface area (Å²) in [6, 6.07) is -0.270. The topological polar surface area (TPSA) is 162 Å². The SMILES string of the molecule is [N-]=[N+]=NCCCCCC(=O)NC(CCCCC(=O)O)COCCC(=O)O. The molecule has 0 aromatic heterocycles. The average Bonchev–Trinajstić information content (AvgIpc) is 2.57. The van der Waals surface area contributed by atoms with Crippen LogP contribution in [0, 0.1) is 0 Å². The van der Waals surface area contributed by atoms with Gasteiger partial charge in [0.1, 0.15) is 0 Å². The molecule has 1 unspecified atom stereocenters. The monoisotopic (exact) mass is 372 g/mol. The van der Waals surface area contributed by atoms with E-state index >= 15 is 0 Å². The number of nitrogens with zero attached hydrogens (tertiary/aromatic N) is 3. The van der Waals surface area contributed by atoms with Gasteiger partial charge in [-0.05, 0) is 31.2 Å². The Kier molecular flexibility index (Phi) is 14.7. The summed E-state index contributed by atoms with van der Waals surface area (Å²) in [4.78, 5) is 35.7. The molecular weight excluding hydrogens is 344 g/mol. The number of carboxylic acids is 2. The lowest BCUT2D eigenvalue weighted by molar-refractivity contribution is -0.138. The Morgan fingerprint density at radius 1 is 1.00 bits per heavy atom. The molecule has 0 aliphatic carbocycles. The molecule has 0 saturated carbocycles. The van der Waals surface area contributed by atoms with Crippen molar-refractivity contribution < 1.29 is 29.3 Å². The highest BCUT2D eigenvalue weighted by molar-refractivity contribution is 5.76. The lowest BCUT2D eigenvalue weighted by atomic mass is 10.1. The molecule has 1 amide bonds.